The molecule has 2 radical (unpaired) electrons. The van der Waals surface area contributed by atoms with E-state index in [4.69, 9.17) is 10.2 Å². The van der Waals surface area contributed by atoms with Crippen molar-refractivity contribution in [3.8, 4) is 50.6 Å². The standard InChI is InChI=1S/3C11H8O3.Bi/c3*12-9-6-7-4-2-1-3-5-8(7)10(9)11(13)14;/h3*1-6,12H,(H,13,14);/q;;;+3/p-3. The van der Waals surface area contributed by atoms with Crippen LogP contribution in [0.5, 0.6) is 17.2 Å². The van der Waals surface area contributed by atoms with Crippen molar-refractivity contribution >= 4 is 44.1 Å². The van der Waals surface area contributed by atoms with Gasteiger partial charge in [0.15, 0.2) is 0 Å². The summed E-state index contributed by atoms with van der Waals surface area (Å²) in [5.74, 6) is -4.81. The van der Waals surface area contributed by atoms with Gasteiger partial charge in [0.2, 0.25) is 0 Å². The second kappa shape index (κ2) is 14.1. The molecular formula is C33H21BiO9. The zero-order valence-electron chi connectivity index (χ0n) is 22.1. The predicted octanol–water partition coefficient (Wildman–Crippen LogP) is 3.61. The van der Waals surface area contributed by atoms with Gasteiger partial charge in [-0.15, -0.1) is 0 Å². The number of carboxylic acids is 3. The maximum absolute atomic E-state index is 11.3. The average Bonchev–Trinajstić information content (AvgIpc) is 3.25. The number of carbonyl (C=O) groups excluding carboxylic acids is 1. The van der Waals surface area contributed by atoms with Gasteiger partial charge in [-0.05, 0) is 39.4 Å². The van der Waals surface area contributed by atoms with Crippen molar-refractivity contribution in [1.29, 1.82) is 0 Å². The molecular weight excluding hydrogens is 749 g/mol. The maximum atomic E-state index is 11.3. The van der Waals surface area contributed by atoms with Crippen molar-refractivity contribution in [1.82, 2.24) is 0 Å². The smallest absolute Gasteiger partial charge is 0.872 e. The summed E-state index contributed by atoms with van der Waals surface area (Å²) in [6, 6.07) is 30.0. The zero-order valence-corrected chi connectivity index (χ0v) is 25.6. The molecule has 9 nitrogen and oxygen atoms in total. The Morgan fingerprint density at radius 3 is 1.28 bits per heavy atom. The Morgan fingerprint density at radius 1 is 0.512 bits per heavy atom. The van der Waals surface area contributed by atoms with Crippen LogP contribution in [0.1, 0.15) is 31.1 Å². The van der Waals surface area contributed by atoms with Crippen LogP contribution >= 0.6 is 0 Å². The molecule has 6 rings (SSSR count). The van der Waals surface area contributed by atoms with Crippen molar-refractivity contribution in [2.45, 2.75) is 0 Å². The van der Waals surface area contributed by atoms with Crippen LogP contribution in [0.15, 0.2) is 109 Å². The van der Waals surface area contributed by atoms with Crippen LogP contribution in [0.2, 0.25) is 0 Å². The van der Waals surface area contributed by atoms with Crippen LogP contribution in [0.4, 0.5) is 0 Å². The van der Waals surface area contributed by atoms with Crippen molar-refractivity contribution in [2.75, 3.05) is 0 Å². The van der Waals surface area contributed by atoms with Crippen LogP contribution in [-0.2, 0) is 0 Å². The molecule has 0 aromatic rings. The quantitative estimate of drug-likeness (QED) is 0.227. The molecule has 0 aromatic carbocycles. The van der Waals surface area contributed by atoms with Gasteiger partial charge in [0.25, 0.3) is 0 Å². The fraction of sp³-hybridized carbons (Fsp3) is 0. The van der Waals surface area contributed by atoms with Gasteiger partial charge in [0.1, 0.15) is 11.3 Å². The van der Waals surface area contributed by atoms with E-state index in [0.717, 1.165) is 5.56 Å². The molecule has 0 heterocycles. The first-order chi connectivity index (χ1) is 20.1. The third-order valence-electron chi connectivity index (χ3n) is 6.27. The first-order valence-electron chi connectivity index (χ1n) is 12.4. The summed E-state index contributed by atoms with van der Waals surface area (Å²) in [5.41, 5.74) is 3.07. The number of aromatic hydroxyl groups is 1. The van der Waals surface area contributed by atoms with Crippen LogP contribution in [0, 0.1) is 0 Å². The van der Waals surface area contributed by atoms with Gasteiger partial charge in [-0.3, -0.25) is 0 Å². The first kappa shape index (κ1) is 32.3. The van der Waals surface area contributed by atoms with E-state index in [1.165, 1.54) is 18.2 Å². The summed E-state index contributed by atoms with van der Waals surface area (Å²) in [5, 5.41) is 60.4. The maximum Gasteiger partial charge on any atom is 3.00 e. The Morgan fingerprint density at radius 2 is 0.860 bits per heavy atom. The number of carboxylic acid groups (broad SMARTS) is 3. The monoisotopic (exact) mass is 770 g/mol. The predicted molar refractivity (Wildman–Crippen MR) is 154 cm³/mol. The molecule has 0 fully saturated rings. The molecule has 0 atom stereocenters. The molecule has 43 heavy (non-hydrogen) atoms. The molecule has 212 valence electrons. The van der Waals surface area contributed by atoms with Crippen LogP contribution in [-0.4, -0.2) is 59.4 Å². The largest absolute Gasteiger partial charge is 3.00 e. The Labute approximate surface area is 264 Å². The topological polar surface area (TPSA) is 181 Å². The fourth-order valence-corrected chi connectivity index (χ4v) is 4.45. The van der Waals surface area contributed by atoms with Gasteiger partial charge in [-0.2, -0.15) is 0 Å². The third kappa shape index (κ3) is 7.17. The van der Waals surface area contributed by atoms with Crippen molar-refractivity contribution in [3.63, 3.8) is 0 Å². The molecule has 0 saturated carbocycles. The van der Waals surface area contributed by atoms with E-state index in [0.29, 0.717) is 27.8 Å². The van der Waals surface area contributed by atoms with E-state index < -0.39 is 29.4 Å². The molecule has 0 aliphatic heterocycles. The Hall–Kier alpha value is -5.21. The fourth-order valence-electron chi connectivity index (χ4n) is 4.45. The molecule has 0 bridgehead atoms. The first-order valence-corrected chi connectivity index (χ1v) is 12.4. The molecule has 0 spiro atoms. The number of hydrogen-bond acceptors (Lipinski definition) is 7. The molecule has 0 unspecified atom stereocenters. The van der Waals surface area contributed by atoms with Crippen LogP contribution in [0.25, 0.3) is 33.4 Å². The number of aromatic carboxylic acids is 3. The second-order valence-electron chi connectivity index (χ2n) is 8.91. The minimum Gasteiger partial charge on any atom is -0.872 e. The molecule has 6 aliphatic rings. The van der Waals surface area contributed by atoms with Gasteiger partial charge in [0, 0.05) is 5.56 Å². The van der Waals surface area contributed by atoms with E-state index in [2.05, 4.69) is 0 Å². The van der Waals surface area contributed by atoms with E-state index in [1.54, 1.807) is 84.9 Å². The molecule has 0 amide bonds. The Bertz CT molecular complexity index is 1600. The van der Waals surface area contributed by atoms with Gasteiger partial charge < -0.3 is 35.4 Å². The number of rotatable bonds is 3. The third-order valence-corrected chi connectivity index (χ3v) is 6.27. The van der Waals surface area contributed by atoms with Crippen LogP contribution < -0.4 is 15.3 Å². The van der Waals surface area contributed by atoms with Gasteiger partial charge in [-0.25, -0.2) is 9.59 Å². The molecule has 10 heteroatoms. The molecule has 0 saturated heterocycles. The molecule has 0 aromatic heterocycles. The summed E-state index contributed by atoms with van der Waals surface area (Å²) < 4.78 is 0. The summed E-state index contributed by atoms with van der Waals surface area (Å²) in [6.45, 7) is 0. The van der Waals surface area contributed by atoms with E-state index in [-0.39, 0.29) is 48.6 Å². The minimum atomic E-state index is -1.42. The van der Waals surface area contributed by atoms with E-state index in [1.807, 2.05) is 6.07 Å². The summed E-state index contributed by atoms with van der Waals surface area (Å²) >= 11 is 0. The summed E-state index contributed by atoms with van der Waals surface area (Å²) in [7, 11) is 0. The van der Waals surface area contributed by atoms with E-state index >= 15 is 0 Å². The molecule has 6 aliphatic carbocycles. The minimum absolute atomic E-state index is 0. The van der Waals surface area contributed by atoms with Gasteiger partial charge in [-0.1, -0.05) is 115 Å². The number of fused-ring (bicyclic) bond motifs is 3. The summed E-state index contributed by atoms with van der Waals surface area (Å²) in [6.07, 6.45) is 0. The zero-order chi connectivity index (χ0) is 30.4. The normalized spacial score (nSPS) is 10.0. The Balaban J connectivity index is 0.000000175. The van der Waals surface area contributed by atoms with Crippen molar-refractivity contribution < 1.29 is 45.0 Å². The SMILES string of the molecule is O=C(O)c1c(O)cc2cccccc1-2.O=C(O)c1c([O-])cc2cccccc1-2.O=C([O-])c1c([O-])cc2cccccc1-2.[Bi+3]. The van der Waals surface area contributed by atoms with Crippen LogP contribution in [0.3, 0.4) is 0 Å². The average molecular weight is 771 g/mol. The molecule has 3 N–H and O–H groups in total. The summed E-state index contributed by atoms with van der Waals surface area (Å²) in [4.78, 5) is 32.3. The second-order valence-corrected chi connectivity index (χ2v) is 8.91. The van der Waals surface area contributed by atoms with Crippen molar-refractivity contribution in [3.05, 3.63) is 126 Å². The Kier molecular flexibility index (Phi) is 10.6. The van der Waals surface area contributed by atoms with E-state index in [9.17, 15) is 34.8 Å². The van der Waals surface area contributed by atoms with Gasteiger partial charge >= 0.3 is 38.1 Å². The van der Waals surface area contributed by atoms with Crippen molar-refractivity contribution in [2.24, 2.45) is 0 Å². The number of carbonyl (C=O) groups is 3. The van der Waals surface area contributed by atoms with Gasteiger partial charge in [0.05, 0.1) is 11.5 Å². The number of hydrogen-bond donors (Lipinski definition) is 3.